The lowest BCUT2D eigenvalue weighted by Gasteiger charge is -2.31. The maximum absolute atomic E-state index is 4.73. The van der Waals surface area contributed by atoms with Crippen molar-refractivity contribution in [3.63, 3.8) is 0 Å². The highest BCUT2D eigenvalue weighted by Crippen LogP contribution is 2.21. The van der Waals surface area contributed by atoms with Crippen LogP contribution in [0.1, 0.15) is 58.3 Å². The van der Waals surface area contributed by atoms with Gasteiger partial charge in [-0.15, -0.1) is 24.0 Å². The third kappa shape index (κ3) is 7.88. The molecule has 4 nitrogen and oxygen atoms in total. The van der Waals surface area contributed by atoms with Gasteiger partial charge in [-0.1, -0.05) is 31.4 Å². The molecule has 0 saturated heterocycles. The number of rotatable bonds is 7. The van der Waals surface area contributed by atoms with Gasteiger partial charge in [0.2, 0.25) is 0 Å². The highest BCUT2D eigenvalue weighted by molar-refractivity contribution is 14.0. The van der Waals surface area contributed by atoms with E-state index in [0.29, 0.717) is 6.04 Å². The molecule has 1 saturated carbocycles. The number of nitrogens with one attached hydrogen (secondary N) is 2. The SMILES string of the molecule is CCNC(=NCCCN(C)C1CCCCC1)NC1CC=CC1.I. The van der Waals surface area contributed by atoms with E-state index in [2.05, 4.69) is 41.7 Å². The predicted octanol–water partition coefficient (Wildman–Crippen LogP) is 3.53. The Kier molecular flexibility index (Phi) is 10.9. The second-order valence-corrected chi connectivity index (χ2v) is 6.67. The molecule has 1 fully saturated rings. The lowest BCUT2D eigenvalue weighted by Crippen LogP contribution is -2.42. The fourth-order valence-electron chi connectivity index (χ4n) is 3.46. The van der Waals surface area contributed by atoms with Crippen LogP contribution in [0.25, 0.3) is 0 Å². The average molecular weight is 434 g/mol. The third-order valence-electron chi connectivity index (χ3n) is 4.83. The lowest BCUT2D eigenvalue weighted by atomic mass is 9.94. The Morgan fingerprint density at radius 1 is 1.17 bits per heavy atom. The van der Waals surface area contributed by atoms with Gasteiger partial charge in [-0.3, -0.25) is 4.99 Å². The second kappa shape index (κ2) is 12.1. The van der Waals surface area contributed by atoms with E-state index >= 15 is 0 Å². The molecule has 0 bridgehead atoms. The fourth-order valence-corrected chi connectivity index (χ4v) is 3.46. The zero-order valence-electron chi connectivity index (χ0n) is 14.9. The number of hydrogen-bond acceptors (Lipinski definition) is 2. The van der Waals surface area contributed by atoms with Gasteiger partial charge >= 0.3 is 0 Å². The summed E-state index contributed by atoms with van der Waals surface area (Å²) in [5.74, 6) is 0.983. The summed E-state index contributed by atoms with van der Waals surface area (Å²) >= 11 is 0. The van der Waals surface area contributed by atoms with Gasteiger partial charge < -0.3 is 15.5 Å². The molecule has 5 heteroatoms. The van der Waals surface area contributed by atoms with Crippen LogP contribution in [0, 0.1) is 0 Å². The quantitative estimate of drug-likeness (QED) is 0.212. The molecule has 0 aliphatic heterocycles. The van der Waals surface area contributed by atoms with Crippen LogP contribution in [0.15, 0.2) is 17.1 Å². The van der Waals surface area contributed by atoms with Crippen LogP contribution in [-0.4, -0.2) is 49.6 Å². The van der Waals surface area contributed by atoms with Gasteiger partial charge in [0.15, 0.2) is 5.96 Å². The van der Waals surface area contributed by atoms with Crippen molar-refractivity contribution < 1.29 is 0 Å². The van der Waals surface area contributed by atoms with E-state index in [1.165, 1.54) is 38.6 Å². The van der Waals surface area contributed by atoms with Crippen molar-refractivity contribution in [3.8, 4) is 0 Å². The number of hydrogen-bond donors (Lipinski definition) is 2. The highest BCUT2D eigenvalue weighted by Gasteiger charge is 2.17. The Bertz CT molecular complexity index is 356. The van der Waals surface area contributed by atoms with Crippen LogP contribution >= 0.6 is 24.0 Å². The minimum atomic E-state index is 0. The van der Waals surface area contributed by atoms with Gasteiger partial charge in [0.1, 0.15) is 0 Å². The summed E-state index contributed by atoms with van der Waals surface area (Å²) in [6.07, 6.45) is 14.9. The second-order valence-electron chi connectivity index (χ2n) is 6.67. The van der Waals surface area contributed by atoms with Crippen LogP contribution in [0.5, 0.6) is 0 Å². The highest BCUT2D eigenvalue weighted by atomic mass is 127. The molecular formula is C18H35IN4. The molecular weight excluding hydrogens is 399 g/mol. The van der Waals surface area contributed by atoms with Crippen molar-refractivity contribution in [1.29, 1.82) is 0 Å². The van der Waals surface area contributed by atoms with Gasteiger partial charge in [-0.2, -0.15) is 0 Å². The molecule has 134 valence electrons. The molecule has 0 aromatic carbocycles. The third-order valence-corrected chi connectivity index (χ3v) is 4.83. The standard InChI is InChI=1S/C18H34N4.HI/c1-3-19-18(21-16-10-7-8-11-16)20-14-9-15-22(2)17-12-5-4-6-13-17;/h7-8,16-17H,3-6,9-15H2,1-2H3,(H2,19,20,21);1H. The van der Waals surface area contributed by atoms with E-state index in [-0.39, 0.29) is 24.0 Å². The predicted molar refractivity (Wildman–Crippen MR) is 111 cm³/mol. The zero-order valence-corrected chi connectivity index (χ0v) is 17.2. The molecule has 2 rings (SSSR count). The van der Waals surface area contributed by atoms with E-state index in [4.69, 9.17) is 4.99 Å². The Hall–Kier alpha value is -0.300. The van der Waals surface area contributed by atoms with Crippen molar-refractivity contribution >= 4 is 29.9 Å². The summed E-state index contributed by atoms with van der Waals surface area (Å²) in [5, 5.41) is 6.89. The van der Waals surface area contributed by atoms with Crippen LogP contribution in [0.3, 0.4) is 0 Å². The van der Waals surface area contributed by atoms with Crippen LogP contribution in [0.4, 0.5) is 0 Å². The van der Waals surface area contributed by atoms with E-state index in [0.717, 1.165) is 44.4 Å². The van der Waals surface area contributed by atoms with Crippen molar-refractivity contribution in [1.82, 2.24) is 15.5 Å². The molecule has 0 atom stereocenters. The summed E-state index contributed by atoms with van der Waals surface area (Å²) < 4.78 is 0. The smallest absolute Gasteiger partial charge is 0.191 e. The summed E-state index contributed by atoms with van der Waals surface area (Å²) in [7, 11) is 2.29. The Morgan fingerprint density at radius 2 is 1.87 bits per heavy atom. The average Bonchev–Trinajstić information content (AvgIpc) is 3.05. The first-order valence-electron chi connectivity index (χ1n) is 9.19. The van der Waals surface area contributed by atoms with Crippen LogP contribution < -0.4 is 10.6 Å². The van der Waals surface area contributed by atoms with E-state index < -0.39 is 0 Å². The van der Waals surface area contributed by atoms with Crippen LogP contribution in [-0.2, 0) is 0 Å². The molecule has 0 unspecified atom stereocenters. The topological polar surface area (TPSA) is 39.7 Å². The Morgan fingerprint density at radius 3 is 2.52 bits per heavy atom. The summed E-state index contributed by atoms with van der Waals surface area (Å²) in [4.78, 5) is 7.29. The molecule has 0 radical (unpaired) electrons. The largest absolute Gasteiger partial charge is 0.357 e. The number of nitrogens with zero attached hydrogens (tertiary/aromatic N) is 2. The number of aliphatic imine (C=N–C) groups is 1. The minimum absolute atomic E-state index is 0. The van der Waals surface area contributed by atoms with Crippen molar-refractivity contribution in [2.75, 3.05) is 26.7 Å². The van der Waals surface area contributed by atoms with Crippen LogP contribution in [0.2, 0.25) is 0 Å². The molecule has 0 heterocycles. The van der Waals surface area contributed by atoms with Gasteiger partial charge in [0, 0.05) is 25.2 Å². The number of guanidine groups is 1. The molecule has 0 aromatic rings. The minimum Gasteiger partial charge on any atom is -0.357 e. The molecule has 2 aliphatic carbocycles. The van der Waals surface area contributed by atoms with Gasteiger partial charge in [0.25, 0.3) is 0 Å². The first-order chi connectivity index (χ1) is 10.8. The molecule has 0 spiro atoms. The van der Waals surface area contributed by atoms with E-state index in [1.54, 1.807) is 0 Å². The van der Waals surface area contributed by atoms with Gasteiger partial charge in [-0.25, -0.2) is 0 Å². The molecule has 2 aliphatic rings. The Labute approximate surface area is 159 Å². The number of halogens is 1. The van der Waals surface area contributed by atoms with E-state index in [1.807, 2.05) is 0 Å². The molecule has 23 heavy (non-hydrogen) atoms. The zero-order chi connectivity index (χ0) is 15.6. The lowest BCUT2D eigenvalue weighted by molar-refractivity contribution is 0.191. The summed E-state index contributed by atoms with van der Waals surface area (Å²) in [6.45, 7) is 5.13. The molecule has 2 N–H and O–H groups in total. The summed E-state index contributed by atoms with van der Waals surface area (Å²) in [6, 6.07) is 1.34. The fraction of sp³-hybridized carbons (Fsp3) is 0.833. The maximum Gasteiger partial charge on any atom is 0.191 e. The first kappa shape index (κ1) is 20.7. The van der Waals surface area contributed by atoms with Crippen molar-refractivity contribution in [3.05, 3.63) is 12.2 Å². The normalized spacial score (nSPS) is 19.9. The van der Waals surface area contributed by atoms with Crippen molar-refractivity contribution in [2.45, 2.75) is 70.4 Å². The Balaban J connectivity index is 0.00000264. The van der Waals surface area contributed by atoms with E-state index in [9.17, 15) is 0 Å². The summed E-state index contributed by atoms with van der Waals surface area (Å²) in [5.41, 5.74) is 0. The monoisotopic (exact) mass is 434 g/mol. The van der Waals surface area contributed by atoms with Gasteiger partial charge in [0.05, 0.1) is 0 Å². The van der Waals surface area contributed by atoms with Crippen molar-refractivity contribution in [2.24, 2.45) is 4.99 Å². The first-order valence-corrected chi connectivity index (χ1v) is 9.19. The maximum atomic E-state index is 4.73. The molecule has 0 amide bonds. The van der Waals surface area contributed by atoms with Gasteiger partial charge in [-0.05, 0) is 52.6 Å². The molecule has 0 aromatic heterocycles.